The molecule has 0 aromatic heterocycles. The molecule has 2 aliphatic rings. The molecule has 0 saturated carbocycles. The van der Waals surface area contributed by atoms with Gasteiger partial charge >= 0.3 is 0 Å². The average molecular weight is 186 g/mol. The summed E-state index contributed by atoms with van der Waals surface area (Å²) < 4.78 is 0. The van der Waals surface area contributed by atoms with Gasteiger partial charge in [0, 0.05) is 18.0 Å². The molecule has 0 aliphatic carbocycles. The van der Waals surface area contributed by atoms with Crippen molar-refractivity contribution in [1.29, 1.82) is 0 Å². The number of hydrogen-bond donors (Lipinski definition) is 0. The van der Waals surface area contributed by atoms with Crippen LogP contribution in [-0.2, 0) is 4.79 Å². The summed E-state index contributed by atoms with van der Waals surface area (Å²) in [6.45, 7) is 0.594. The van der Waals surface area contributed by atoms with Crippen molar-refractivity contribution in [3.05, 3.63) is 48.4 Å². The van der Waals surface area contributed by atoms with Crippen molar-refractivity contribution in [3.8, 4) is 0 Å². The predicted octanol–water partition coefficient (Wildman–Crippen LogP) is 1.42. The minimum atomic E-state index is 0.594. The van der Waals surface area contributed by atoms with Gasteiger partial charge in [-0.15, -0.1) is 0 Å². The Bertz CT molecular complexity index is 386. The number of carbonyl (C=O) groups excluding carboxylic acids is 1. The summed E-state index contributed by atoms with van der Waals surface area (Å²) in [5.41, 5.74) is 0.691. The highest BCUT2D eigenvalue weighted by atomic mass is 16.1. The molecule has 0 saturated heterocycles. The lowest BCUT2D eigenvalue weighted by molar-refractivity contribution is -0.105. The molecular formula is C11H10N2O. The summed E-state index contributed by atoms with van der Waals surface area (Å²) in [6, 6.07) is 0. The maximum absolute atomic E-state index is 10.6. The SMILES string of the molecule is O=CC1=CN=C2\C=C/C=C\C=C/N2C1. The Balaban J connectivity index is 2.33. The first-order valence-electron chi connectivity index (χ1n) is 4.40. The number of fused-ring (bicyclic) bond motifs is 1. The summed E-state index contributed by atoms with van der Waals surface area (Å²) in [7, 11) is 0. The molecule has 0 radical (unpaired) electrons. The molecule has 3 nitrogen and oxygen atoms in total. The van der Waals surface area contributed by atoms with E-state index in [4.69, 9.17) is 0 Å². The summed E-state index contributed by atoms with van der Waals surface area (Å²) in [5.74, 6) is 0.858. The fraction of sp³-hybridized carbons (Fsp3) is 0.0909. The van der Waals surface area contributed by atoms with Crippen molar-refractivity contribution in [3.63, 3.8) is 0 Å². The largest absolute Gasteiger partial charge is 0.328 e. The van der Waals surface area contributed by atoms with Crippen molar-refractivity contribution < 1.29 is 4.79 Å². The van der Waals surface area contributed by atoms with E-state index in [0.29, 0.717) is 12.1 Å². The average Bonchev–Trinajstić information content (AvgIpc) is 2.18. The molecule has 70 valence electrons. The lowest BCUT2D eigenvalue weighted by Gasteiger charge is -2.23. The summed E-state index contributed by atoms with van der Waals surface area (Å²) >= 11 is 0. The third-order valence-corrected chi connectivity index (χ3v) is 2.01. The Morgan fingerprint density at radius 1 is 1.29 bits per heavy atom. The normalized spacial score (nSPS) is 26.1. The minimum Gasteiger partial charge on any atom is -0.328 e. The number of rotatable bonds is 1. The van der Waals surface area contributed by atoms with Gasteiger partial charge in [-0.1, -0.05) is 18.2 Å². The van der Waals surface area contributed by atoms with Gasteiger partial charge in [-0.2, -0.15) is 0 Å². The molecule has 0 amide bonds. The summed E-state index contributed by atoms with van der Waals surface area (Å²) in [5, 5.41) is 0. The van der Waals surface area contributed by atoms with Crippen LogP contribution in [0.25, 0.3) is 0 Å². The van der Waals surface area contributed by atoms with Gasteiger partial charge in [0.2, 0.25) is 0 Å². The zero-order valence-electron chi connectivity index (χ0n) is 7.63. The van der Waals surface area contributed by atoms with E-state index in [0.717, 1.165) is 12.1 Å². The molecule has 0 bridgehead atoms. The number of allylic oxidation sites excluding steroid dienone is 4. The predicted molar refractivity (Wildman–Crippen MR) is 55.7 cm³/mol. The van der Waals surface area contributed by atoms with Crippen LogP contribution < -0.4 is 0 Å². The van der Waals surface area contributed by atoms with Crippen LogP contribution in [0.4, 0.5) is 0 Å². The van der Waals surface area contributed by atoms with Gasteiger partial charge in [-0.05, 0) is 12.2 Å². The monoisotopic (exact) mass is 186 g/mol. The number of hydrogen-bond acceptors (Lipinski definition) is 3. The van der Waals surface area contributed by atoms with Gasteiger partial charge in [0.15, 0.2) is 0 Å². The van der Waals surface area contributed by atoms with E-state index in [1.54, 1.807) is 6.20 Å². The molecule has 2 heterocycles. The maximum Gasteiger partial charge on any atom is 0.149 e. The standard InChI is InChI=1S/C11H10N2O/c14-9-10-7-12-11-5-3-1-2-4-6-13(11)8-10/h1-7,9H,8H2/b2-1-,5-3-,6-4-. The lowest BCUT2D eigenvalue weighted by Crippen LogP contribution is -2.29. The molecule has 0 aromatic carbocycles. The Hall–Kier alpha value is -1.90. The van der Waals surface area contributed by atoms with Crippen LogP contribution >= 0.6 is 0 Å². The first-order chi connectivity index (χ1) is 6.90. The highest BCUT2D eigenvalue weighted by molar-refractivity contribution is 5.96. The van der Waals surface area contributed by atoms with Crippen LogP contribution in [0.15, 0.2) is 53.3 Å². The number of carbonyl (C=O) groups is 1. The van der Waals surface area contributed by atoms with Crippen molar-refractivity contribution >= 4 is 12.1 Å². The van der Waals surface area contributed by atoms with Crippen LogP contribution in [0.3, 0.4) is 0 Å². The molecule has 0 unspecified atom stereocenters. The van der Waals surface area contributed by atoms with E-state index in [2.05, 4.69) is 4.99 Å². The Labute approximate surface area is 82.4 Å². The molecule has 3 heteroatoms. The maximum atomic E-state index is 10.6. The van der Waals surface area contributed by atoms with Gasteiger partial charge in [0.05, 0.1) is 6.54 Å². The molecule has 0 aromatic rings. The Morgan fingerprint density at radius 2 is 2.14 bits per heavy atom. The second-order valence-corrected chi connectivity index (χ2v) is 3.02. The fourth-order valence-electron chi connectivity index (χ4n) is 1.30. The Kier molecular flexibility index (Phi) is 2.40. The lowest BCUT2D eigenvalue weighted by atomic mass is 10.2. The molecule has 0 atom stereocenters. The van der Waals surface area contributed by atoms with Crippen LogP contribution in [0.1, 0.15) is 0 Å². The van der Waals surface area contributed by atoms with Crippen LogP contribution in [0.5, 0.6) is 0 Å². The van der Waals surface area contributed by atoms with Gasteiger partial charge in [0.1, 0.15) is 12.1 Å². The number of nitrogens with zero attached hydrogens (tertiary/aromatic N) is 2. The van der Waals surface area contributed by atoms with Crippen molar-refractivity contribution in [2.45, 2.75) is 0 Å². The number of aldehydes is 1. The van der Waals surface area contributed by atoms with Gasteiger partial charge < -0.3 is 4.90 Å². The molecule has 0 fully saturated rings. The first-order valence-corrected chi connectivity index (χ1v) is 4.40. The van der Waals surface area contributed by atoms with E-state index in [1.165, 1.54) is 0 Å². The summed E-state index contributed by atoms with van der Waals surface area (Å²) in [6.07, 6.45) is 14.0. The highest BCUT2D eigenvalue weighted by Crippen LogP contribution is 2.09. The first kappa shape index (κ1) is 8.69. The molecule has 2 rings (SSSR count). The third-order valence-electron chi connectivity index (χ3n) is 2.01. The smallest absolute Gasteiger partial charge is 0.149 e. The van der Waals surface area contributed by atoms with E-state index in [-0.39, 0.29) is 0 Å². The minimum absolute atomic E-state index is 0.594. The molecular weight excluding hydrogens is 176 g/mol. The summed E-state index contributed by atoms with van der Waals surface area (Å²) in [4.78, 5) is 16.7. The van der Waals surface area contributed by atoms with E-state index >= 15 is 0 Å². The Morgan fingerprint density at radius 3 is 3.00 bits per heavy atom. The van der Waals surface area contributed by atoms with E-state index in [9.17, 15) is 4.79 Å². The quantitative estimate of drug-likeness (QED) is 0.580. The second-order valence-electron chi connectivity index (χ2n) is 3.02. The zero-order valence-corrected chi connectivity index (χ0v) is 7.63. The molecule has 2 aliphatic heterocycles. The van der Waals surface area contributed by atoms with E-state index in [1.807, 2.05) is 41.5 Å². The van der Waals surface area contributed by atoms with Crippen molar-refractivity contribution in [2.24, 2.45) is 4.99 Å². The second kappa shape index (κ2) is 3.87. The topological polar surface area (TPSA) is 32.7 Å². The molecule has 0 spiro atoms. The van der Waals surface area contributed by atoms with Crippen LogP contribution in [0, 0.1) is 0 Å². The number of amidine groups is 1. The van der Waals surface area contributed by atoms with Crippen molar-refractivity contribution in [1.82, 2.24) is 4.90 Å². The van der Waals surface area contributed by atoms with E-state index < -0.39 is 0 Å². The van der Waals surface area contributed by atoms with Crippen LogP contribution in [-0.4, -0.2) is 23.6 Å². The van der Waals surface area contributed by atoms with Gasteiger partial charge in [0.25, 0.3) is 0 Å². The zero-order chi connectivity index (χ0) is 9.80. The molecule has 0 N–H and O–H groups in total. The van der Waals surface area contributed by atoms with Crippen LogP contribution in [0.2, 0.25) is 0 Å². The highest BCUT2D eigenvalue weighted by Gasteiger charge is 2.12. The van der Waals surface area contributed by atoms with Crippen molar-refractivity contribution in [2.75, 3.05) is 6.54 Å². The van der Waals surface area contributed by atoms with Gasteiger partial charge in [-0.25, -0.2) is 4.99 Å². The molecule has 14 heavy (non-hydrogen) atoms. The van der Waals surface area contributed by atoms with Gasteiger partial charge in [-0.3, -0.25) is 4.79 Å². The fourth-order valence-corrected chi connectivity index (χ4v) is 1.30. The number of aliphatic imine (C=N–C) groups is 1. The third kappa shape index (κ3) is 1.71.